The normalized spacial score (nSPS) is 21.8. The van der Waals surface area contributed by atoms with Gasteiger partial charge in [-0.15, -0.1) is 11.8 Å². The van der Waals surface area contributed by atoms with Crippen molar-refractivity contribution in [1.82, 2.24) is 5.32 Å². The second kappa shape index (κ2) is 7.17. The predicted octanol–water partition coefficient (Wildman–Crippen LogP) is 3.10. The lowest BCUT2D eigenvalue weighted by molar-refractivity contribution is 0.0437. The maximum atomic E-state index is 5.59. The Labute approximate surface area is 114 Å². The van der Waals surface area contributed by atoms with Crippen molar-refractivity contribution in [3.63, 3.8) is 0 Å². The summed E-state index contributed by atoms with van der Waals surface area (Å²) in [5, 5.41) is 3.46. The first kappa shape index (κ1) is 13.9. The van der Waals surface area contributed by atoms with E-state index >= 15 is 0 Å². The average Bonchev–Trinajstić information content (AvgIpc) is 2.42. The molecular formula is C15H23NOS. The number of hydrogen-bond donors (Lipinski definition) is 1. The Morgan fingerprint density at radius 1 is 1.44 bits per heavy atom. The van der Waals surface area contributed by atoms with E-state index in [1.165, 1.54) is 23.3 Å². The molecule has 3 heteroatoms. The lowest BCUT2D eigenvalue weighted by Crippen LogP contribution is -2.40. The Kier molecular flexibility index (Phi) is 5.54. The molecule has 1 heterocycles. The molecule has 1 aromatic carbocycles. The van der Waals surface area contributed by atoms with E-state index in [2.05, 4.69) is 43.6 Å². The lowest BCUT2D eigenvalue weighted by Gasteiger charge is -2.29. The Bertz CT molecular complexity index is 363. The third-order valence-electron chi connectivity index (χ3n) is 3.65. The largest absolute Gasteiger partial charge is 0.381 e. The van der Waals surface area contributed by atoms with Gasteiger partial charge in [-0.25, -0.2) is 0 Å². The molecular weight excluding hydrogens is 242 g/mol. The van der Waals surface area contributed by atoms with Gasteiger partial charge in [0.1, 0.15) is 0 Å². The molecule has 1 fully saturated rings. The molecule has 0 aliphatic carbocycles. The minimum Gasteiger partial charge on any atom is -0.381 e. The number of rotatable bonds is 5. The third kappa shape index (κ3) is 3.74. The van der Waals surface area contributed by atoms with Crippen molar-refractivity contribution in [2.75, 3.05) is 26.0 Å². The van der Waals surface area contributed by atoms with Crippen LogP contribution in [0, 0.1) is 12.8 Å². The molecule has 1 aliphatic rings. The van der Waals surface area contributed by atoms with Gasteiger partial charge in [0.15, 0.2) is 0 Å². The summed E-state index contributed by atoms with van der Waals surface area (Å²) in [5.74, 6) is 1.79. The minimum absolute atomic E-state index is 0.551. The molecule has 0 amide bonds. The molecule has 2 rings (SSSR count). The van der Waals surface area contributed by atoms with Crippen LogP contribution in [0.5, 0.6) is 0 Å². The zero-order valence-electron chi connectivity index (χ0n) is 11.3. The van der Waals surface area contributed by atoms with E-state index in [4.69, 9.17) is 4.74 Å². The molecule has 2 nitrogen and oxygen atoms in total. The van der Waals surface area contributed by atoms with Gasteiger partial charge in [0.25, 0.3) is 0 Å². The molecule has 1 saturated heterocycles. The summed E-state index contributed by atoms with van der Waals surface area (Å²) >= 11 is 1.96. The summed E-state index contributed by atoms with van der Waals surface area (Å²) in [6.07, 6.45) is 2.50. The van der Waals surface area contributed by atoms with Gasteiger partial charge in [0.2, 0.25) is 0 Å². The number of thioether (sulfide) groups is 1. The number of benzene rings is 1. The van der Waals surface area contributed by atoms with Gasteiger partial charge in [-0.3, -0.25) is 0 Å². The summed E-state index contributed by atoms with van der Waals surface area (Å²) in [6.45, 7) is 4.04. The molecule has 0 spiro atoms. The lowest BCUT2D eigenvalue weighted by atomic mass is 9.95. The standard InChI is InChI=1S/C15H23NOS/c1-12-6-3-4-8-15(12)18-11-14(16-2)13-7-5-9-17-10-13/h3-4,6,8,13-14,16H,5,7,9-11H2,1-2H3. The van der Waals surface area contributed by atoms with Crippen molar-refractivity contribution in [3.05, 3.63) is 29.8 Å². The minimum atomic E-state index is 0.551. The summed E-state index contributed by atoms with van der Waals surface area (Å²) in [7, 11) is 2.07. The quantitative estimate of drug-likeness (QED) is 0.827. The Morgan fingerprint density at radius 3 is 2.94 bits per heavy atom. The van der Waals surface area contributed by atoms with E-state index in [0.29, 0.717) is 12.0 Å². The fourth-order valence-electron chi connectivity index (χ4n) is 2.44. The van der Waals surface area contributed by atoms with Gasteiger partial charge >= 0.3 is 0 Å². The van der Waals surface area contributed by atoms with Gasteiger partial charge < -0.3 is 10.1 Å². The van der Waals surface area contributed by atoms with E-state index in [1.807, 2.05) is 11.8 Å². The summed E-state index contributed by atoms with van der Waals surface area (Å²) in [4.78, 5) is 1.40. The van der Waals surface area contributed by atoms with Crippen LogP contribution in [0.4, 0.5) is 0 Å². The van der Waals surface area contributed by atoms with Gasteiger partial charge in [-0.05, 0) is 44.4 Å². The van der Waals surface area contributed by atoms with E-state index in [9.17, 15) is 0 Å². The molecule has 2 atom stereocenters. The van der Waals surface area contributed by atoms with Crippen molar-refractivity contribution in [3.8, 4) is 0 Å². The van der Waals surface area contributed by atoms with Gasteiger partial charge in [0.05, 0.1) is 6.61 Å². The van der Waals surface area contributed by atoms with Gasteiger partial charge in [0, 0.05) is 23.3 Å². The average molecular weight is 265 g/mol. The van der Waals surface area contributed by atoms with E-state index in [-0.39, 0.29) is 0 Å². The Balaban J connectivity index is 1.88. The third-order valence-corrected chi connectivity index (χ3v) is 4.94. The number of aryl methyl sites for hydroxylation is 1. The van der Waals surface area contributed by atoms with Crippen molar-refractivity contribution in [2.24, 2.45) is 5.92 Å². The summed E-state index contributed by atoms with van der Waals surface area (Å²) in [5.41, 5.74) is 1.37. The molecule has 18 heavy (non-hydrogen) atoms. The van der Waals surface area contributed by atoms with E-state index in [1.54, 1.807) is 0 Å². The van der Waals surface area contributed by atoms with Crippen LogP contribution in [0.3, 0.4) is 0 Å². The summed E-state index contributed by atoms with van der Waals surface area (Å²) < 4.78 is 5.59. The molecule has 0 aromatic heterocycles. The zero-order valence-corrected chi connectivity index (χ0v) is 12.1. The fourth-order valence-corrected chi connectivity index (χ4v) is 3.70. The van der Waals surface area contributed by atoms with Crippen LogP contribution in [-0.2, 0) is 4.74 Å². The van der Waals surface area contributed by atoms with E-state index < -0.39 is 0 Å². The smallest absolute Gasteiger partial charge is 0.0509 e. The molecule has 1 N–H and O–H groups in total. The van der Waals surface area contributed by atoms with Crippen molar-refractivity contribution < 1.29 is 4.74 Å². The zero-order chi connectivity index (χ0) is 12.8. The number of nitrogens with one attached hydrogen (secondary N) is 1. The molecule has 100 valence electrons. The second-order valence-corrected chi connectivity index (χ2v) is 6.01. The van der Waals surface area contributed by atoms with Crippen molar-refractivity contribution in [2.45, 2.75) is 30.7 Å². The predicted molar refractivity (Wildman–Crippen MR) is 78.3 cm³/mol. The van der Waals surface area contributed by atoms with Crippen molar-refractivity contribution >= 4 is 11.8 Å². The maximum absolute atomic E-state index is 5.59. The van der Waals surface area contributed by atoms with Crippen molar-refractivity contribution in [1.29, 1.82) is 0 Å². The summed E-state index contributed by atoms with van der Waals surface area (Å²) in [6, 6.07) is 9.16. The van der Waals surface area contributed by atoms with Crippen LogP contribution in [0.1, 0.15) is 18.4 Å². The maximum Gasteiger partial charge on any atom is 0.0509 e. The van der Waals surface area contributed by atoms with Crippen LogP contribution in [0.2, 0.25) is 0 Å². The highest BCUT2D eigenvalue weighted by molar-refractivity contribution is 7.99. The molecule has 1 aromatic rings. The first-order chi connectivity index (χ1) is 8.81. The van der Waals surface area contributed by atoms with Gasteiger partial charge in [-0.2, -0.15) is 0 Å². The molecule has 2 unspecified atom stereocenters. The fraction of sp³-hybridized carbons (Fsp3) is 0.600. The van der Waals surface area contributed by atoms with Crippen LogP contribution < -0.4 is 5.32 Å². The van der Waals surface area contributed by atoms with Crippen LogP contribution >= 0.6 is 11.8 Å². The van der Waals surface area contributed by atoms with Crippen LogP contribution in [-0.4, -0.2) is 32.1 Å². The van der Waals surface area contributed by atoms with Gasteiger partial charge in [-0.1, -0.05) is 18.2 Å². The Hall–Kier alpha value is -0.510. The number of ether oxygens (including phenoxy) is 1. The van der Waals surface area contributed by atoms with E-state index in [0.717, 1.165) is 19.0 Å². The topological polar surface area (TPSA) is 21.3 Å². The molecule has 0 saturated carbocycles. The second-order valence-electron chi connectivity index (χ2n) is 4.95. The van der Waals surface area contributed by atoms with Crippen LogP contribution in [0.15, 0.2) is 29.2 Å². The highest BCUT2D eigenvalue weighted by Gasteiger charge is 2.23. The Morgan fingerprint density at radius 2 is 2.28 bits per heavy atom. The first-order valence-electron chi connectivity index (χ1n) is 6.74. The highest BCUT2D eigenvalue weighted by Crippen LogP contribution is 2.26. The molecule has 0 radical (unpaired) electrons. The molecule has 0 bridgehead atoms. The SMILES string of the molecule is CNC(CSc1ccccc1C)C1CCCOC1. The number of hydrogen-bond acceptors (Lipinski definition) is 3. The van der Waals surface area contributed by atoms with Crippen LogP contribution in [0.25, 0.3) is 0 Å². The monoisotopic (exact) mass is 265 g/mol. The first-order valence-corrected chi connectivity index (χ1v) is 7.73. The highest BCUT2D eigenvalue weighted by atomic mass is 32.2. The molecule has 1 aliphatic heterocycles.